The Morgan fingerprint density at radius 3 is 2.76 bits per heavy atom. The fraction of sp³-hybridized carbons (Fsp3) is 0.500. The summed E-state index contributed by atoms with van der Waals surface area (Å²) in [4.78, 5) is 0. The van der Waals surface area contributed by atoms with Crippen LogP contribution in [0.4, 0.5) is 0 Å². The molecule has 0 aliphatic carbocycles. The van der Waals surface area contributed by atoms with E-state index in [4.69, 9.17) is 9.47 Å². The van der Waals surface area contributed by atoms with Crippen LogP contribution in [0.1, 0.15) is 6.92 Å². The van der Waals surface area contributed by atoms with E-state index in [1.807, 2.05) is 18.2 Å². The van der Waals surface area contributed by atoms with Gasteiger partial charge in [0.15, 0.2) is 0 Å². The minimum atomic E-state index is 0.344. The third-order valence-corrected chi connectivity index (χ3v) is 3.28. The second-order valence-corrected chi connectivity index (χ2v) is 5.50. The highest BCUT2D eigenvalue weighted by Crippen LogP contribution is 2.27. The first kappa shape index (κ1) is 15.0. The van der Waals surface area contributed by atoms with E-state index in [-0.39, 0.29) is 0 Å². The van der Waals surface area contributed by atoms with Crippen molar-refractivity contribution in [1.29, 1.82) is 0 Å². The minimum absolute atomic E-state index is 0.344. The maximum absolute atomic E-state index is 5.65. The molecule has 0 saturated carbocycles. The summed E-state index contributed by atoms with van der Waals surface area (Å²) >= 11 is 6.86. The molecule has 1 atom stereocenters. The first-order chi connectivity index (χ1) is 8.13. The summed E-state index contributed by atoms with van der Waals surface area (Å²) in [6, 6.07) is 6.21. The molecule has 0 aromatic heterocycles. The normalized spacial score (nSPS) is 12.5. The van der Waals surface area contributed by atoms with Gasteiger partial charge in [0.25, 0.3) is 0 Å². The standard InChI is InChI=1S/C12H17Br2NO2/c1-9(8-16-2)15-5-6-17-12-4-3-10(13)7-11(12)14/h3-4,7,9,15H,5-6,8H2,1-2H3. The van der Waals surface area contributed by atoms with Gasteiger partial charge in [-0.3, -0.25) is 0 Å². The van der Waals surface area contributed by atoms with Gasteiger partial charge in [0.1, 0.15) is 12.4 Å². The van der Waals surface area contributed by atoms with Crippen molar-refractivity contribution < 1.29 is 9.47 Å². The molecule has 0 aliphatic rings. The van der Waals surface area contributed by atoms with Crippen LogP contribution < -0.4 is 10.1 Å². The lowest BCUT2D eigenvalue weighted by Gasteiger charge is -2.13. The molecule has 0 aliphatic heterocycles. The molecule has 1 aromatic rings. The van der Waals surface area contributed by atoms with E-state index in [1.165, 1.54) is 0 Å². The fourth-order valence-corrected chi connectivity index (χ4v) is 2.53. The van der Waals surface area contributed by atoms with Crippen molar-refractivity contribution in [3.8, 4) is 5.75 Å². The van der Waals surface area contributed by atoms with Crippen LogP contribution in [0.25, 0.3) is 0 Å². The molecule has 17 heavy (non-hydrogen) atoms. The van der Waals surface area contributed by atoms with Crippen LogP contribution in [-0.2, 0) is 4.74 Å². The van der Waals surface area contributed by atoms with Crippen molar-refractivity contribution in [2.24, 2.45) is 0 Å². The van der Waals surface area contributed by atoms with Crippen LogP contribution in [0.2, 0.25) is 0 Å². The maximum atomic E-state index is 5.65. The molecule has 5 heteroatoms. The zero-order chi connectivity index (χ0) is 12.7. The summed E-state index contributed by atoms with van der Waals surface area (Å²) in [5, 5.41) is 3.31. The summed E-state index contributed by atoms with van der Waals surface area (Å²) in [7, 11) is 1.70. The smallest absolute Gasteiger partial charge is 0.133 e. The molecule has 0 fully saturated rings. The van der Waals surface area contributed by atoms with Gasteiger partial charge in [0.2, 0.25) is 0 Å². The van der Waals surface area contributed by atoms with Gasteiger partial charge in [-0.15, -0.1) is 0 Å². The number of nitrogens with one attached hydrogen (secondary N) is 1. The molecular weight excluding hydrogens is 350 g/mol. The fourth-order valence-electron chi connectivity index (χ4n) is 1.37. The molecule has 1 rings (SSSR count). The van der Waals surface area contributed by atoms with Gasteiger partial charge in [0, 0.05) is 24.2 Å². The first-order valence-corrected chi connectivity index (χ1v) is 7.02. The number of hydrogen-bond acceptors (Lipinski definition) is 3. The molecule has 0 bridgehead atoms. The third kappa shape index (κ3) is 5.86. The first-order valence-electron chi connectivity index (χ1n) is 5.43. The third-order valence-electron chi connectivity index (χ3n) is 2.16. The Bertz CT molecular complexity index is 347. The molecule has 0 spiro atoms. The molecule has 0 radical (unpaired) electrons. The predicted octanol–water partition coefficient (Wildman–Crippen LogP) is 3.21. The van der Waals surface area contributed by atoms with E-state index in [9.17, 15) is 0 Å². The van der Waals surface area contributed by atoms with Crippen molar-refractivity contribution in [2.45, 2.75) is 13.0 Å². The van der Waals surface area contributed by atoms with Crippen LogP contribution in [0.5, 0.6) is 5.75 Å². The highest BCUT2D eigenvalue weighted by molar-refractivity contribution is 9.11. The van der Waals surface area contributed by atoms with Crippen molar-refractivity contribution in [3.05, 3.63) is 27.1 Å². The van der Waals surface area contributed by atoms with Gasteiger partial charge < -0.3 is 14.8 Å². The highest BCUT2D eigenvalue weighted by Gasteiger charge is 2.02. The van der Waals surface area contributed by atoms with Gasteiger partial charge in [-0.2, -0.15) is 0 Å². The van der Waals surface area contributed by atoms with E-state index >= 15 is 0 Å². The molecule has 3 nitrogen and oxygen atoms in total. The highest BCUT2D eigenvalue weighted by atomic mass is 79.9. The number of benzene rings is 1. The maximum Gasteiger partial charge on any atom is 0.133 e. The van der Waals surface area contributed by atoms with E-state index in [2.05, 4.69) is 44.1 Å². The number of hydrogen-bond donors (Lipinski definition) is 1. The zero-order valence-corrected chi connectivity index (χ0v) is 13.2. The predicted molar refractivity (Wildman–Crippen MR) is 76.7 cm³/mol. The number of rotatable bonds is 7. The molecular formula is C12H17Br2NO2. The van der Waals surface area contributed by atoms with Crippen molar-refractivity contribution >= 4 is 31.9 Å². The van der Waals surface area contributed by atoms with Gasteiger partial charge in [-0.1, -0.05) is 15.9 Å². The van der Waals surface area contributed by atoms with E-state index in [0.717, 1.165) is 21.2 Å². The second-order valence-electron chi connectivity index (χ2n) is 3.73. The molecule has 0 saturated heterocycles. The molecule has 0 heterocycles. The van der Waals surface area contributed by atoms with Crippen LogP contribution in [0.15, 0.2) is 27.1 Å². The summed E-state index contributed by atoms with van der Waals surface area (Å²) < 4.78 is 12.7. The lowest BCUT2D eigenvalue weighted by atomic mass is 10.3. The largest absolute Gasteiger partial charge is 0.491 e. The van der Waals surface area contributed by atoms with Gasteiger partial charge in [-0.25, -0.2) is 0 Å². The lowest BCUT2D eigenvalue weighted by molar-refractivity contribution is 0.169. The van der Waals surface area contributed by atoms with E-state index < -0.39 is 0 Å². The Morgan fingerprint density at radius 2 is 2.12 bits per heavy atom. The molecule has 1 unspecified atom stereocenters. The van der Waals surface area contributed by atoms with E-state index in [0.29, 0.717) is 19.3 Å². The number of methoxy groups -OCH3 is 1. The quantitative estimate of drug-likeness (QED) is 0.751. The molecule has 1 N–H and O–H groups in total. The van der Waals surface area contributed by atoms with Gasteiger partial charge in [0.05, 0.1) is 11.1 Å². The zero-order valence-electron chi connectivity index (χ0n) is 10.0. The van der Waals surface area contributed by atoms with Crippen molar-refractivity contribution in [3.63, 3.8) is 0 Å². The molecule has 1 aromatic carbocycles. The topological polar surface area (TPSA) is 30.5 Å². The summed E-state index contributed by atoms with van der Waals surface area (Å²) in [5.41, 5.74) is 0. The van der Waals surface area contributed by atoms with Crippen LogP contribution in [0, 0.1) is 0 Å². The summed E-state index contributed by atoms with van der Waals surface area (Å²) in [5.74, 6) is 0.856. The Morgan fingerprint density at radius 1 is 1.35 bits per heavy atom. The van der Waals surface area contributed by atoms with Crippen LogP contribution >= 0.6 is 31.9 Å². The Balaban J connectivity index is 2.26. The van der Waals surface area contributed by atoms with E-state index in [1.54, 1.807) is 7.11 Å². The Labute approximate surface area is 119 Å². The van der Waals surface area contributed by atoms with Crippen molar-refractivity contribution in [2.75, 3.05) is 26.9 Å². The molecule has 0 amide bonds. The Kier molecular flexibility index (Phi) is 7.11. The van der Waals surface area contributed by atoms with Crippen molar-refractivity contribution in [1.82, 2.24) is 5.32 Å². The number of halogens is 2. The van der Waals surface area contributed by atoms with Crippen LogP contribution in [0.3, 0.4) is 0 Å². The van der Waals surface area contributed by atoms with Gasteiger partial charge in [-0.05, 0) is 41.1 Å². The number of ether oxygens (including phenoxy) is 2. The SMILES string of the molecule is COCC(C)NCCOc1ccc(Br)cc1Br. The average molecular weight is 367 g/mol. The molecule has 96 valence electrons. The summed E-state index contributed by atoms with van der Waals surface area (Å²) in [6.45, 7) is 4.22. The lowest BCUT2D eigenvalue weighted by Crippen LogP contribution is -2.33. The second kappa shape index (κ2) is 8.08. The minimum Gasteiger partial charge on any atom is -0.491 e. The Hall–Kier alpha value is -0.100. The summed E-state index contributed by atoms with van der Waals surface area (Å²) in [6.07, 6.45) is 0. The van der Waals surface area contributed by atoms with Crippen LogP contribution in [-0.4, -0.2) is 32.9 Å². The monoisotopic (exact) mass is 365 g/mol. The van der Waals surface area contributed by atoms with Gasteiger partial charge >= 0.3 is 0 Å². The average Bonchev–Trinajstić information content (AvgIpc) is 2.27.